The molecule has 2 heterocycles. The molecule has 9 nitrogen and oxygen atoms in total. The van der Waals surface area contributed by atoms with Crippen LogP contribution in [0.25, 0.3) is 0 Å². The van der Waals surface area contributed by atoms with Gasteiger partial charge in [0.2, 0.25) is 0 Å². The number of rotatable bonds is 12. The second-order valence-corrected chi connectivity index (χ2v) is 8.25. The van der Waals surface area contributed by atoms with E-state index in [9.17, 15) is 19.5 Å². The van der Waals surface area contributed by atoms with Crippen LogP contribution in [0.2, 0.25) is 0 Å². The zero-order valence-corrected chi connectivity index (χ0v) is 15.4. The first-order valence-corrected chi connectivity index (χ1v) is 10.0. The summed E-state index contributed by atoms with van der Waals surface area (Å²) in [5, 5.41) is 24.3. The molecule has 0 aromatic carbocycles. The fraction of sp³-hybridized carbons (Fsp3) is 0.812. The van der Waals surface area contributed by atoms with Gasteiger partial charge >= 0.3 is 18.0 Å². The number of carbonyl (C=O) groups is 3. The molecule has 2 fully saturated rings. The highest BCUT2D eigenvalue weighted by Gasteiger charge is 2.43. The van der Waals surface area contributed by atoms with E-state index in [4.69, 9.17) is 10.9 Å². The van der Waals surface area contributed by atoms with Crippen molar-refractivity contribution < 1.29 is 24.6 Å². The van der Waals surface area contributed by atoms with Crippen molar-refractivity contribution >= 4 is 29.7 Å². The molecule has 1 unspecified atom stereocenters. The molecule has 0 saturated carbocycles. The summed E-state index contributed by atoms with van der Waals surface area (Å²) in [7, 11) is 0. The summed E-state index contributed by atoms with van der Waals surface area (Å²) in [6.45, 7) is 0. The topological polar surface area (TPSA) is 152 Å². The van der Waals surface area contributed by atoms with E-state index in [1.54, 1.807) is 11.8 Å². The summed E-state index contributed by atoms with van der Waals surface area (Å²) in [4.78, 5) is 33.7. The number of fused-ring (bicyclic) bond motifs is 1. The Morgan fingerprint density at radius 2 is 1.92 bits per heavy atom. The van der Waals surface area contributed by atoms with Gasteiger partial charge in [-0.15, -0.1) is 0 Å². The largest absolute Gasteiger partial charge is 0.481 e. The van der Waals surface area contributed by atoms with Gasteiger partial charge in [-0.25, -0.2) is 10.2 Å². The molecular formula is C16H27N4O5S. The molecule has 147 valence electrons. The lowest BCUT2D eigenvalue weighted by molar-refractivity contribution is -0.146. The Labute approximate surface area is 156 Å². The first-order chi connectivity index (χ1) is 12.4. The fourth-order valence-electron chi connectivity index (χ4n) is 3.65. The molecule has 0 aliphatic carbocycles. The third-order valence-corrected chi connectivity index (χ3v) is 6.68. The van der Waals surface area contributed by atoms with E-state index in [2.05, 4.69) is 16.1 Å². The van der Waals surface area contributed by atoms with Gasteiger partial charge in [0.05, 0.1) is 12.1 Å². The van der Waals surface area contributed by atoms with Crippen LogP contribution >= 0.6 is 11.8 Å². The van der Waals surface area contributed by atoms with Gasteiger partial charge in [0.15, 0.2) is 0 Å². The highest BCUT2D eigenvalue weighted by molar-refractivity contribution is 8.00. The third kappa shape index (κ3) is 5.24. The van der Waals surface area contributed by atoms with E-state index < -0.39 is 17.5 Å². The fourth-order valence-corrected chi connectivity index (χ4v) is 5.19. The number of hydrogen-bond acceptors (Lipinski definition) is 5. The molecule has 4 atom stereocenters. The minimum absolute atomic E-state index is 0.0790. The van der Waals surface area contributed by atoms with Crippen molar-refractivity contribution in [3.05, 3.63) is 0 Å². The van der Waals surface area contributed by atoms with Gasteiger partial charge in [-0.2, -0.15) is 17.6 Å². The van der Waals surface area contributed by atoms with Crippen LogP contribution in [0.3, 0.4) is 0 Å². The molecule has 2 saturated heterocycles. The highest BCUT2D eigenvalue weighted by Crippen LogP contribution is 2.34. The van der Waals surface area contributed by atoms with E-state index in [-0.39, 0.29) is 29.8 Å². The van der Waals surface area contributed by atoms with E-state index >= 15 is 0 Å². The summed E-state index contributed by atoms with van der Waals surface area (Å²) in [5.74, 6) is 6.49. The van der Waals surface area contributed by atoms with Crippen LogP contribution < -0.4 is 21.9 Å². The molecule has 0 spiro atoms. The van der Waals surface area contributed by atoms with Crippen LogP contribution in [0, 0.1) is 0 Å². The maximum absolute atomic E-state index is 11.7. The lowest BCUT2D eigenvalue weighted by atomic mass is 9.86. The molecule has 0 bridgehead atoms. The molecule has 2 aliphatic heterocycles. The molecule has 2 rings (SSSR count). The number of hydrogen-bond donors (Lipinski definition) is 5. The van der Waals surface area contributed by atoms with Crippen LogP contribution in [0.4, 0.5) is 4.79 Å². The maximum atomic E-state index is 11.7. The number of carboxylic acid groups (broad SMARTS) is 2. The number of aliphatic carboxylic acids is 2. The maximum Gasteiger partial charge on any atom is 0.325 e. The molecule has 0 aromatic heterocycles. The number of carbonyl (C=O) groups excluding carboxylic acids is 1. The number of nitrogens with one attached hydrogen (secondary N) is 4. The van der Waals surface area contributed by atoms with E-state index in [1.807, 2.05) is 0 Å². The molecule has 6 N–H and O–H groups in total. The third-order valence-electron chi connectivity index (χ3n) is 5.17. The van der Waals surface area contributed by atoms with Gasteiger partial charge in [-0.05, 0) is 32.1 Å². The monoisotopic (exact) mass is 387 g/mol. The molecule has 2 aliphatic rings. The number of urea groups is 1. The minimum atomic E-state index is -1.30. The van der Waals surface area contributed by atoms with Gasteiger partial charge in [-0.1, -0.05) is 12.8 Å². The van der Waals surface area contributed by atoms with Crippen molar-refractivity contribution in [1.82, 2.24) is 21.9 Å². The summed E-state index contributed by atoms with van der Waals surface area (Å²) in [6, 6.07) is 0.0938. The van der Waals surface area contributed by atoms with Crippen molar-refractivity contribution in [2.45, 2.75) is 74.2 Å². The average Bonchev–Trinajstić information content (AvgIpc) is 3.12. The summed E-state index contributed by atoms with van der Waals surface area (Å²) < 4.78 is 0. The summed E-state index contributed by atoms with van der Waals surface area (Å²) >= 11 is 1.78. The smallest absolute Gasteiger partial charge is 0.325 e. The summed E-state index contributed by atoms with van der Waals surface area (Å²) in [5.41, 5.74) is 0.936. The van der Waals surface area contributed by atoms with Gasteiger partial charge < -0.3 is 20.8 Å². The van der Waals surface area contributed by atoms with Crippen LogP contribution in [0.15, 0.2) is 0 Å². The van der Waals surface area contributed by atoms with Crippen molar-refractivity contribution in [3.8, 4) is 0 Å². The van der Waals surface area contributed by atoms with Crippen molar-refractivity contribution in [2.75, 3.05) is 5.75 Å². The van der Waals surface area contributed by atoms with Gasteiger partial charge in [0.25, 0.3) is 0 Å². The van der Waals surface area contributed by atoms with Crippen LogP contribution in [-0.2, 0) is 9.59 Å². The van der Waals surface area contributed by atoms with Crippen LogP contribution in [0.1, 0.15) is 51.4 Å². The second-order valence-electron chi connectivity index (χ2n) is 6.98. The van der Waals surface area contributed by atoms with E-state index in [1.165, 1.54) is 0 Å². The molecule has 0 aromatic rings. The Morgan fingerprint density at radius 3 is 2.58 bits per heavy atom. The lowest BCUT2D eigenvalue weighted by Crippen LogP contribution is -2.51. The standard InChI is InChI=1S/C16H27N4O5S/c17-20-16(14(23)24,7-3-1-2-6-12(21)22)8-4-5-11-13-10(9-26-11)18-15(25)19-13/h10-11,13,17,20H,1-9H2,(H,21,22)(H,23,24)(H2,18,19,25)/t10-,11-,13-,16?/m0/s1. The Morgan fingerprint density at radius 1 is 1.19 bits per heavy atom. The summed E-state index contributed by atoms with van der Waals surface area (Å²) in [6.07, 6.45) is 3.84. The first kappa shape index (κ1) is 20.8. The lowest BCUT2D eigenvalue weighted by Gasteiger charge is -2.29. The van der Waals surface area contributed by atoms with Crippen LogP contribution in [-0.4, -0.2) is 56.8 Å². The first-order valence-electron chi connectivity index (χ1n) is 8.96. The number of thioether (sulfide) groups is 1. The van der Waals surface area contributed by atoms with E-state index in [0.29, 0.717) is 38.5 Å². The second kappa shape index (κ2) is 9.43. The molecule has 26 heavy (non-hydrogen) atoms. The Balaban J connectivity index is 1.78. The normalized spacial score (nSPS) is 26.7. The highest BCUT2D eigenvalue weighted by atomic mass is 32.2. The van der Waals surface area contributed by atoms with Gasteiger partial charge in [0, 0.05) is 17.4 Å². The predicted molar refractivity (Wildman–Crippen MR) is 96.7 cm³/mol. The number of carboxylic acids is 2. The molecule has 1 radical (unpaired) electrons. The predicted octanol–water partition coefficient (Wildman–Crippen LogP) is 0.968. The average molecular weight is 387 g/mol. The molecule has 2 amide bonds. The minimum Gasteiger partial charge on any atom is -0.481 e. The Hall–Kier alpha value is -1.52. The zero-order valence-electron chi connectivity index (χ0n) is 14.6. The number of amides is 2. The van der Waals surface area contributed by atoms with Crippen LogP contribution in [0.5, 0.6) is 0 Å². The molecule has 10 heteroatoms. The Kier molecular flexibility index (Phi) is 7.54. The van der Waals surface area contributed by atoms with Gasteiger partial charge in [-0.3, -0.25) is 9.59 Å². The SMILES string of the molecule is [NH]NC(CCCCCC(=O)O)(CCC[C@@H]1SC[C@@H]2NC(=O)N[C@@H]21)C(=O)O. The van der Waals surface area contributed by atoms with E-state index in [0.717, 1.165) is 12.2 Å². The van der Waals surface area contributed by atoms with Crippen molar-refractivity contribution in [3.63, 3.8) is 0 Å². The van der Waals surface area contributed by atoms with Crippen molar-refractivity contribution in [1.29, 1.82) is 0 Å². The molecular weight excluding hydrogens is 360 g/mol. The zero-order chi connectivity index (χ0) is 19.2. The number of unbranched alkanes of at least 4 members (excludes halogenated alkanes) is 2. The van der Waals surface area contributed by atoms with Crippen molar-refractivity contribution in [2.24, 2.45) is 0 Å². The quantitative estimate of drug-likeness (QED) is 0.190. The Bertz CT molecular complexity index is 535. The van der Waals surface area contributed by atoms with Gasteiger partial charge in [0.1, 0.15) is 5.54 Å².